The van der Waals surface area contributed by atoms with Crippen molar-refractivity contribution in [2.45, 2.75) is 30.5 Å². The molecule has 5 heteroatoms. The van der Waals surface area contributed by atoms with Gasteiger partial charge in [-0.1, -0.05) is 0 Å². The maximum absolute atomic E-state index is 9.91. The molecule has 2 aliphatic rings. The Balaban J connectivity index is 2.23. The molecule has 0 radical (unpaired) electrons. The third-order valence-electron chi connectivity index (χ3n) is 2.62. The van der Waals surface area contributed by atoms with Crippen LogP contribution in [0.2, 0.25) is 0 Å². The summed E-state index contributed by atoms with van der Waals surface area (Å²) < 4.78 is 10.3. The van der Waals surface area contributed by atoms with E-state index in [1.54, 1.807) is 0 Å². The fraction of sp³-hybridized carbons (Fsp3) is 1.00. The van der Waals surface area contributed by atoms with Crippen molar-refractivity contribution in [2.75, 3.05) is 13.2 Å². The third kappa shape index (κ3) is 0.915. The second kappa shape index (κ2) is 2.65. The average Bonchev–Trinajstić information content (AvgIpc) is 2.22. The average molecular weight is 175 g/mol. The molecule has 4 N–H and O–H groups in total. The van der Waals surface area contributed by atoms with Gasteiger partial charge in [-0.2, -0.15) is 0 Å². The Morgan fingerprint density at radius 1 is 1.58 bits per heavy atom. The molecular weight excluding hydrogens is 162 g/mol. The Kier molecular flexibility index (Phi) is 1.85. The topological polar surface area (TPSA) is 84.9 Å². The van der Waals surface area contributed by atoms with Gasteiger partial charge in [0.05, 0.1) is 6.61 Å². The van der Waals surface area contributed by atoms with E-state index in [-0.39, 0.29) is 6.54 Å². The maximum atomic E-state index is 9.91. The molecule has 2 fully saturated rings. The van der Waals surface area contributed by atoms with E-state index in [4.69, 9.17) is 15.2 Å². The van der Waals surface area contributed by atoms with Gasteiger partial charge in [-0.15, -0.1) is 0 Å². The van der Waals surface area contributed by atoms with Gasteiger partial charge in [0.15, 0.2) is 6.29 Å². The molecule has 5 nitrogen and oxygen atoms in total. The van der Waals surface area contributed by atoms with E-state index in [1.807, 2.05) is 0 Å². The lowest BCUT2D eigenvalue weighted by molar-refractivity contribution is -0.188. The van der Waals surface area contributed by atoms with Crippen LogP contribution in [-0.2, 0) is 9.47 Å². The number of aliphatic hydroxyl groups excluding tert-OH is 1. The summed E-state index contributed by atoms with van der Waals surface area (Å²) in [5, 5.41) is 19.4. The lowest BCUT2D eigenvalue weighted by Gasteiger charge is -2.32. The highest BCUT2D eigenvalue weighted by molar-refractivity contribution is 5.03. The lowest BCUT2D eigenvalue weighted by Crippen LogP contribution is -2.53. The summed E-state index contributed by atoms with van der Waals surface area (Å²) in [5.74, 6) is 0. The van der Waals surface area contributed by atoms with E-state index in [1.165, 1.54) is 0 Å². The van der Waals surface area contributed by atoms with Gasteiger partial charge < -0.3 is 25.4 Å². The highest BCUT2D eigenvalue weighted by atomic mass is 16.7. The first-order chi connectivity index (χ1) is 5.68. The fourth-order valence-corrected chi connectivity index (χ4v) is 1.82. The van der Waals surface area contributed by atoms with Crippen molar-refractivity contribution in [3.63, 3.8) is 0 Å². The van der Waals surface area contributed by atoms with Crippen LogP contribution < -0.4 is 5.73 Å². The van der Waals surface area contributed by atoms with Gasteiger partial charge in [-0.3, -0.25) is 0 Å². The van der Waals surface area contributed by atoms with Gasteiger partial charge in [0.25, 0.3) is 0 Å². The van der Waals surface area contributed by atoms with E-state index in [0.29, 0.717) is 13.0 Å². The van der Waals surface area contributed by atoms with Crippen molar-refractivity contribution < 1.29 is 19.7 Å². The molecule has 0 aromatic carbocycles. The van der Waals surface area contributed by atoms with Crippen LogP contribution in [0.15, 0.2) is 0 Å². The molecule has 0 saturated carbocycles. The Morgan fingerprint density at radius 2 is 2.33 bits per heavy atom. The molecule has 70 valence electrons. The molecule has 2 aliphatic heterocycles. The monoisotopic (exact) mass is 175 g/mol. The molecule has 0 unspecified atom stereocenters. The van der Waals surface area contributed by atoms with Gasteiger partial charge in [0.2, 0.25) is 0 Å². The molecule has 0 aromatic rings. The number of hydrogen-bond donors (Lipinski definition) is 3. The van der Waals surface area contributed by atoms with Crippen LogP contribution in [0.1, 0.15) is 6.42 Å². The van der Waals surface area contributed by atoms with Crippen LogP contribution in [0.4, 0.5) is 0 Å². The van der Waals surface area contributed by atoms with Crippen molar-refractivity contribution in [1.82, 2.24) is 0 Å². The normalized spacial score (nSPS) is 52.8. The fourth-order valence-electron chi connectivity index (χ4n) is 1.82. The molecule has 2 rings (SSSR count). The summed E-state index contributed by atoms with van der Waals surface area (Å²) >= 11 is 0. The summed E-state index contributed by atoms with van der Waals surface area (Å²) in [6, 6.07) is 0. The minimum Gasteiger partial charge on any atom is -0.385 e. The van der Waals surface area contributed by atoms with Crippen molar-refractivity contribution >= 4 is 0 Å². The maximum Gasteiger partial charge on any atom is 0.186 e. The highest BCUT2D eigenvalue weighted by Crippen LogP contribution is 2.37. The summed E-state index contributed by atoms with van der Waals surface area (Å²) in [6.07, 6.45) is -1.77. The highest BCUT2D eigenvalue weighted by Gasteiger charge is 2.57. The van der Waals surface area contributed by atoms with E-state index in [0.717, 1.165) is 0 Å². The first-order valence-electron chi connectivity index (χ1n) is 4.06. The van der Waals surface area contributed by atoms with Crippen molar-refractivity contribution in [1.29, 1.82) is 0 Å². The molecule has 2 heterocycles. The van der Waals surface area contributed by atoms with Gasteiger partial charge in [-0.05, 0) is 0 Å². The van der Waals surface area contributed by atoms with Gasteiger partial charge in [-0.25, -0.2) is 0 Å². The van der Waals surface area contributed by atoms with Gasteiger partial charge in [0.1, 0.15) is 17.8 Å². The molecule has 0 amide bonds. The number of ether oxygens (including phenoxy) is 2. The summed E-state index contributed by atoms with van der Waals surface area (Å²) in [4.78, 5) is 0. The van der Waals surface area contributed by atoms with Crippen LogP contribution >= 0.6 is 0 Å². The minimum atomic E-state index is -1.20. The second-order valence-electron chi connectivity index (χ2n) is 3.29. The van der Waals surface area contributed by atoms with Crippen LogP contribution in [-0.4, -0.2) is 47.5 Å². The first-order valence-corrected chi connectivity index (χ1v) is 4.06. The zero-order valence-corrected chi connectivity index (χ0v) is 6.64. The van der Waals surface area contributed by atoms with Gasteiger partial charge >= 0.3 is 0 Å². The number of hydrogen-bond acceptors (Lipinski definition) is 5. The predicted molar refractivity (Wildman–Crippen MR) is 39.2 cm³/mol. The van der Waals surface area contributed by atoms with Crippen molar-refractivity contribution in [3.05, 3.63) is 0 Å². The van der Waals surface area contributed by atoms with E-state index >= 15 is 0 Å². The standard InChI is InChI=1S/C7H13NO4/c8-3-4-7(10)1-2-11-6(12-4)5(7)9/h4-6,9-10H,1-3,8H2/t4-,5+,6+,7+/m1/s1. The Morgan fingerprint density at radius 3 is 2.92 bits per heavy atom. The third-order valence-corrected chi connectivity index (χ3v) is 2.62. The first kappa shape index (κ1) is 8.40. The number of aliphatic hydroxyl groups is 2. The van der Waals surface area contributed by atoms with E-state index in [2.05, 4.69) is 0 Å². The summed E-state index contributed by atoms with van der Waals surface area (Å²) in [5.41, 5.74) is 4.19. The number of nitrogens with two attached hydrogens (primary N) is 1. The largest absolute Gasteiger partial charge is 0.385 e. The quantitative estimate of drug-likeness (QED) is 0.437. The number of fused-ring (bicyclic) bond motifs is 2. The molecular formula is C7H13NO4. The Hall–Kier alpha value is -0.200. The van der Waals surface area contributed by atoms with Crippen molar-refractivity contribution in [2.24, 2.45) is 5.73 Å². The van der Waals surface area contributed by atoms with Crippen LogP contribution in [0.5, 0.6) is 0 Å². The molecule has 0 aromatic heterocycles. The molecule has 12 heavy (non-hydrogen) atoms. The van der Waals surface area contributed by atoms with Crippen LogP contribution in [0, 0.1) is 0 Å². The van der Waals surface area contributed by atoms with E-state index < -0.39 is 24.1 Å². The number of rotatable bonds is 1. The zero-order chi connectivity index (χ0) is 8.77. The molecule has 2 saturated heterocycles. The molecule has 0 spiro atoms. The minimum absolute atomic E-state index is 0.202. The lowest BCUT2D eigenvalue weighted by atomic mass is 9.88. The van der Waals surface area contributed by atoms with Crippen LogP contribution in [0.25, 0.3) is 0 Å². The molecule has 4 atom stereocenters. The summed E-state index contributed by atoms with van der Waals surface area (Å²) in [7, 11) is 0. The SMILES string of the molecule is NC[C@H]1O[C@@H]2OCC[C@@]1(O)[C@H]2O. The second-order valence-corrected chi connectivity index (χ2v) is 3.29. The molecule has 2 bridgehead atoms. The van der Waals surface area contributed by atoms with Crippen LogP contribution in [0.3, 0.4) is 0 Å². The Labute approximate surface area is 70.1 Å². The predicted octanol–water partition coefficient (Wildman–Crippen LogP) is -1.82. The van der Waals surface area contributed by atoms with Gasteiger partial charge in [0, 0.05) is 13.0 Å². The van der Waals surface area contributed by atoms with Crippen molar-refractivity contribution in [3.8, 4) is 0 Å². The Bertz CT molecular complexity index is 188. The smallest absolute Gasteiger partial charge is 0.186 e. The summed E-state index contributed by atoms with van der Waals surface area (Å²) in [6.45, 7) is 0.613. The molecule has 0 aliphatic carbocycles. The van der Waals surface area contributed by atoms with E-state index in [9.17, 15) is 10.2 Å². The zero-order valence-electron chi connectivity index (χ0n) is 6.64.